The molecule has 0 saturated heterocycles. The summed E-state index contributed by atoms with van der Waals surface area (Å²) in [6, 6.07) is 10.1. The van der Waals surface area contributed by atoms with Crippen LogP contribution >= 0.6 is 0 Å². The van der Waals surface area contributed by atoms with Crippen molar-refractivity contribution < 1.29 is 22.0 Å². The Morgan fingerprint density at radius 3 is 2.38 bits per heavy atom. The molecule has 110 valence electrons. The van der Waals surface area contributed by atoms with Gasteiger partial charge in [0.05, 0.1) is 6.54 Å². The van der Waals surface area contributed by atoms with Gasteiger partial charge < -0.3 is 0 Å². The van der Waals surface area contributed by atoms with Crippen LogP contribution in [0.25, 0.3) is 0 Å². The average molecular weight is 311 g/mol. The van der Waals surface area contributed by atoms with Gasteiger partial charge in [0.15, 0.2) is 5.78 Å². The fourth-order valence-corrected chi connectivity index (χ4v) is 2.72. The van der Waals surface area contributed by atoms with Crippen molar-refractivity contribution in [2.45, 2.75) is 4.90 Å². The van der Waals surface area contributed by atoms with E-state index in [2.05, 4.69) is 0 Å². The maximum atomic E-state index is 13.4. The average Bonchev–Trinajstić information content (AvgIpc) is 2.48. The van der Waals surface area contributed by atoms with Gasteiger partial charge in [-0.25, -0.2) is 21.9 Å². The molecule has 0 unspecified atom stereocenters. The van der Waals surface area contributed by atoms with E-state index in [1.54, 1.807) is 18.2 Å². The van der Waals surface area contributed by atoms with E-state index in [-0.39, 0.29) is 0 Å². The van der Waals surface area contributed by atoms with Crippen molar-refractivity contribution in [1.29, 1.82) is 0 Å². The first-order valence-electron chi connectivity index (χ1n) is 5.93. The van der Waals surface area contributed by atoms with Gasteiger partial charge in [0, 0.05) is 5.56 Å². The minimum atomic E-state index is -4.30. The van der Waals surface area contributed by atoms with Crippen molar-refractivity contribution in [3.05, 3.63) is 65.7 Å². The molecule has 0 aliphatic heterocycles. The largest absolute Gasteiger partial charge is 0.293 e. The third-order valence-electron chi connectivity index (χ3n) is 2.70. The van der Waals surface area contributed by atoms with Crippen LogP contribution in [0.3, 0.4) is 0 Å². The Balaban J connectivity index is 2.15. The number of hydrogen-bond donors (Lipinski definition) is 1. The van der Waals surface area contributed by atoms with Crippen LogP contribution in [0.4, 0.5) is 8.78 Å². The topological polar surface area (TPSA) is 63.2 Å². The third-order valence-corrected chi connectivity index (χ3v) is 4.12. The highest BCUT2D eigenvalue weighted by Gasteiger charge is 2.21. The molecule has 0 aromatic heterocycles. The first-order chi connectivity index (χ1) is 9.90. The van der Waals surface area contributed by atoms with Crippen molar-refractivity contribution in [1.82, 2.24) is 4.72 Å². The summed E-state index contributed by atoms with van der Waals surface area (Å²) >= 11 is 0. The molecule has 0 atom stereocenters. The van der Waals surface area contributed by atoms with E-state index in [4.69, 9.17) is 0 Å². The highest BCUT2D eigenvalue weighted by atomic mass is 32.2. The Morgan fingerprint density at radius 2 is 1.71 bits per heavy atom. The van der Waals surface area contributed by atoms with Crippen LogP contribution in [0, 0.1) is 11.6 Å². The van der Waals surface area contributed by atoms with Crippen LogP contribution in [0.5, 0.6) is 0 Å². The highest BCUT2D eigenvalue weighted by molar-refractivity contribution is 7.89. The van der Waals surface area contributed by atoms with E-state index in [9.17, 15) is 22.0 Å². The molecule has 0 amide bonds. The summed E-state index contributed by atoms with van der Waals surface area (Å²) in [6.07, 6.45) is 0. The van der Waals surface area contributed by atoms with E-state index < -0.39 is 38.9 Å². The lowest BCUT2D eigenvalue weighted by molar-refractivity contribution is 0.0997. The Hall–Kier alpha value is -2.12. The normalized spacial score (nSPS) is 11.3. The number of nitrogens with one attached hydrogen (secondary N) is 1. The van der Waals surface area contributed by atoms with E-state index in [0.29, 0.717) is 17.7 Å². The molecule has 0 spiro atoms. The van der Waals surface area contributed by atoms with Crippen LogP contribution in [-0.4, -0.2) is 20.7 Å². The number of carbonyl (C=O) groups is 1. The molecule has 0 saturated carbocycles. The number of benzene rings is 2. The zero-order valence-electron chi connectivity index (χ0n) is 10.7. The molecule has 0 bridgehead atoms. The van der Waals surface area contributed by atoms with Gasteiger partial charge in [0.1, 0.15) is 16.5 Å². The number of carbonyl (C=O) groups excluding carboxylic acids is 1. The smallest absolute Gasteiger partial charge is 0.244 e. The van der Waals surface area contributed by atoms with E-state index >= 15 is 0 Å². The molecule has 0 aliphatic carbocycles. The fraction of sp³-hybridized carbons (Fsp3) is 0.0714. The second-order valence-electron chi connectivity index (χ2n) is 4.19. The molecule has 1 N–H and O–H groups in total. The molecule has 2 aromatic rings. The minimum absolute atomic E-state index is 0.319. The van der Waals surface area contributed by atoms with E-state index in [1.807, 2.05) is 4.72 Å². The van der Waals surface area contributed by atoms with Crippen molar-refractivity contribution >= 4 is 15.8 Å². The number of Topliss-reactive ketones (excluding diaryl/α,β-unsaturated/α-hetero) is 1. The standard InChI is InChI=1S/C14H11F2NO3S/c15-11-6-7-12(16)14(8-11)21(19,20)17-9-13(18)10-4-2-1-3-5-10/h1-8,17H,9H2. The van der Waals surface area contributed by atoms with Crippen LogP contribution < -0.4 is 4.72 Å². The van der Waals surface area contributed by atoms with Gasteiger partial charge in [-0.1, -0.05) is 30.3 Å². The van der Waals surface area contributed by atoms with Crippen molar-refractivity contribution in [3.8, 4) is 0 Å². The van der Waals surface area contributed by atoms with Crippen molar-refractivity contribution in [3.63, 3.8) is 0 Å². The lowest BCUT2D eigenvalue weighted by atomic mass is 10.1. The van der Waals surface area contributed by atoms with Gasteiger partial charge in [-0.15, -0.1) is 0 Å². The van der Waals surface area contributed by atoms with Crippen LogP contribution in [-0.2, 0) is 10.0 Å². The number of sulfonamides is 1. The third kappa shape index (κ3) is 3.71. The molecule has 0 heterocycles. The lowest BCUT2D eigenvalue weighted by Crippen LogP contribution is -2.30. The summed E-state index contributed by atoms with van der Waals surface area (Å²) in [5, 5.41) is 0. The molecular formula is C14H11F2NO3S. The molecule has 7 heteroatoms. The predicted molar refractivity (Wildman–Crippen MR) is 72.3 cm³/mol. The predicted octanol–water partition coefficient (Wildman–Crippen LogP) is 2.13. The number of rotatable bonds is 5. The Morgan fingerprint density at radius 1 is 1.05 bits per heavy atom. The van der Waals surface area contributed by atoms with E-state index in [1.165, 1.54) is 12.1 Å². The Bertz CT molecular complexity index is 761. The second kappa shape index (κ2) is 6.11. The van der Waals surface area contributed by atoms with Gasteiger partial charge in [0.2, 0.25) is 10.0 Å². The van der Waals surface area contributed by atoms with E-state index in [0.717, 1.165) is 6.07 Å². The highest BCUT2D eigenvalue weighted by Crippen LogP contribution is 2.15. The molecular weight excluding hydrogens is 300 g/mol. The zero-order valence-corrected chi connectivity index (χ0v) is 11.5. The number of hydrogen-bond acceptors (Lipinski definition) is 3. The molecule has 21 heavy (non-hydrogen) atoms. The SMILES string of the molecule is O=C(CNS(=O)(=O)c1cc(F)ccc1F)c1ccccc1. The molecule has 2 rings (SSSR count). The van der Waals surface area contributed by atoms with Crippen LogP contribution in [0.15, 0.2) is 53.4 Å². The van der Waals surface area contributed by atoms with Gasteiger partial charge in [-0.3, -0.25) is 4.79 Å². The first kappa shape index (κ1) is 15.3. The summed E-state index contributed by atoms with van der Waals surface area (Å²) in [7, 11) is -4.30. The first-order valence-corrected chi connectivity index (χ1v) is 7.41. The zero-order chi connectivity index (χ0) is 15.5. The lowest BCUT2D eigenvalue weighted by Gasteiger charge is -2.07. The molecule has 0 radical (unpaired) electrons. The summed E-state index contributed by atoms with van der Waals surface area (Å²) in [6.45, 7) is -0.539. The monoisotopic (exact) mass is 311 g/mol. The van der Waals surface area contributed by atoms with Gasteiger partial charge >= 0.3 is 0 Å². The molecule has 0 fully saturated rings. The maximum Gasteiger partial charge on any atom is 0.244 e. The molecule has 0 aliphatic rings. The number of halogens is 2. The summed E-state index contributed by atoms with van der Waals surface area (Å²) in [5.41, 5.74) is 0.319. The summed E-state index contributed by atoms with van der Waals surface area (Å²) in [4.78, 5) is 10.9. The molecule has 2 aromatic carbocycles. The van der Waals surface area contributed by atoms with Crippen LogP contribution in [0.2, 0.25) is 0 Å². The fourth-order valence-electron chi connectivity index (χ4n) is 1.65. The van der Waals surface area contributed by atoms with Crippen molar-refractivity contribution in [2.75, 3.05) is 6.54 Å². The summed E-state index contributed by atoms with van der Waals surface area (Å²) in [5.74, 6) is -2.45. The van der Waals surface area contributed by atoms with Gasteiger partial charge in [-0.2, -0.15) is 0 Å². The molecule has 4 nitrogen and oxygen atoms in total. The Kier molecular flexibility index (Phi) is 4.44. The number of ketones is 1. The summed E-state index contributed by atoms with van der Waals surface area (Å²) < 4.78 is 52.2. The van der Waals surface area contributed by atoms with Gasteiger partial charge in [-0.05, 0) is 18.2 Å². The Labute approximate surface area is 120 Å². The second-order valence-corrected chi connectivity index (χ2v) is 5.92. The van der Waals surface area contributed by atoms with Gasteiger partial charge in [0.25, 0.3) is 0 Å². The maximum absolute atomic E-state index is 13.4. The quantitative estimate of drug-likeness (QED) is 0.860. The van der Waals surface area contributed by atoms with Crippen LogP contribution in [0.1, 0.15) is 10.4 Å². The van der Waals surface area contributed by atoms with Crippen molar-refractivity contribution in [2.24, 2.45) is 0 Å². The minimum Gasteiger partial charge on any atom is -0.293 e.